The van der Waals surface area contributed by atoms with Crippen LogP contribution < -0.4 is 10.6 Å². The second-order valence-corrected chi connectivity index (χ2v) is 6.33. The molecule has 3 heterocycles. The maximum Gasteiger partial charge on any atom is 0.262 e. The number of anilines is 1. The first-order valence-electron chi connectivity index (χ1n) is 7.91. The second-order valence-electron chi connectivity index (χ2n) is 5.47. The minimum Gasteiger partial charge on any atom is -0.467 e. The average Bonchev–Trinajstić information content (AvgIpc) is 3.30. The minimum absolute atomic E-state index is 0.115. The molecule has 9 heteroatoms. The summed E-state index contributed by atoms with van der Waals surface area (Å²) in [4.78, 5) is 43.3. The van der Waals surface area contributed by atoms with Gasteiger partial charge >= 0.3 is 0 Å². The van der Waals surface area contributed by atoms with Crippen LogP contribution in [0.3, 0.4) is 0 Å². The number of hydrogen-bond acceptors (Lipinski definition) is 6. The van der Waals surface area contributed by atoms with E-state index in [9.17, 15) is 14.4 Å². The molecule has 3 rings (SSSR count). The van der Waals surface area contributed by atoms with E-state index in [0.29, 0.717) is 29.6 Å². The van der Waals surface area contributed by atoms with E-state index >= 15 is 0 Å². The number of aryl methyl sites for hydroxylation is 1. The molecular formula is C17H16N4O4S. The van der Waals surface area contributed by atoms with Crippen LogP contribution >= 0.6 is 11.3 Å². The van der Waals surface area contributed by atoms with Crippen LogP contribution in [-0.4, -0.2) is 28.9 Å². The smallest absolute Gasteiger partial charge is 0.262 e. The molecule has 0 aromatic carbocycles. The molecule has 0 aliphatic carbocycles. The Morgan fingerprint density at radius 1 is 1.35 bits per heavy atom. The zero-order valence-electron chi connectivity index (χ0n) is 13.7. The van der Waals surface area contributed by atoms with Crippen LogP contribution in [0.5, 0.6) is 0 Å². The summed E-state index contributed by atoms with van der Waals surface area (Å²) in [6.07, 6.45) is 6.67. The Morgan fingerprint density at radius 2 is 2.23 bits per heavy atom. The number of dihydropyridines is 1. The fourth-order valence-electron chi connectivity index (χ4n) is 2.23. The summed E-state index contributed by atoms with van der Waals surface area (Å²) in [6, 6.07) is 3.54. The quantitative estimate of drug-likeness (QED) is 0.718. The van der Waals surface area contributed by atoms with Crippen molar-refractivity contribution in [1.29, 1.82) is 0 Å². The monoisotopic (exact) mass is 372 g/mol. The summed E-state index contributed by atoms with van der Waals surface area (Å²) in [5.74, 6) is -1.33. The molecule has 2 N–H and O–H groups in total. The van der Waals surface area contributed by atoms with Crippen LogP contribution in [0.1, 0.15) is 17.9 Å². The van der Waals surface area contributed by atoms with Gasteiger partial charge in [0, 0.05) is 18.0 Å². The molecule has 3 amide bonds. The Bertz CT molecular complexity index is 854. The SMILES string of the molecule is O=C(CCc1csc(NC(=O)C2C=CC=NC2=O)n1)NCc1ccco1. The highest BCUT2D eigenvalue weighted by molar-refractivity contribution is 7.13. The minimum atomic E-state index is -0.931. The van der Waals surface area contributed by atoms with Crippen molar-refractivity contribution in [2.75, 3.05) is 5.32 Å². The van der Waals surface area contributed by atoms with Crippen LogP contribution in [0.15, 0.2) is 45.3 Å². The van der Waals surface area contributed by atoms with Crippen molar-refractivity contribution in [2.24, 2.45) is 10.9 Å². The van der Waals surface area contributed by atoms with Crippen molar-refractivity contribution in [1.82, 2.24) is 10.3 Å². The van der Waals surface area contributed by atoms with Gasteiger partial charge < -0.3 is 15.1 Å². The van der Waals surface area contributed by atoms with Gasteiger partial charge in [0.1, 0.15) is 11.7 Å². The Kier molecular flexibility index (Phi) is 5.69. The fourth-order valence-corrected chi connectivity index (χ4v) is 2.98. The Hall–Kier alpha value is -3.07. The van der Waals surface area contributed by atoms with E-state index in [2.05, 4.69) is 20.6 Å². The highest BCUT2D eigenvalue weighted by Gasteiger charge is 2.25. The van der Waals surface area contributed by atoms with Crippen molar-refractivity contribution in [3.05, 3.63) is 47.4 Å². The van der Waals surface area contributed by atoms with Crippen LogP contribution in [0.2, 0.25) is 0 Å². The molecular weight excluding hydrogens is 356 g/mol. The molecule has 0 radical (unpaired) electrons. The van der Waals surface area contributed by atoms with Crippen LogP contribution in [-0.2, 0) is 27.3 Å². The number of allylic oxidation sites excluding steroid dienone is 1. The van der Waals surface area contributed by atoms with Gasteiger partial charge in [0.05, 0.1) is 18.5 Å². The number of furan rings is 1. The van der Waals surface area contributed by atoms with Gasteiger partial charge in [-0.1, -0.05) is 6.08 Å². The number of hydrogen-bond donors (Lipinski definition) is 2. The van der Waals surface area contributed by atoms with Crippen molar-refractivity contribution in [3.63, 3.8) is 0 Å². The fraction of sp³-hybridized carbons (Fsp3) is 0.235. The van der Waals surface area contributed by atoms with Gasteiger partial charge in [-0.05, 0) is 24.6 Å². The highest BCUT2D eigenvalue weighted by Crippen LogP contribution is 2.18. The standard InChI is InChI=1S/C17H16N4O4S/c22-14(19-9-12-3-2-8-25-12)6-5-11-10-26-17(20-11)21-16(24)13-4-1-7-18-15(13)23/h1-4,7-8,10,13H,5-6,9H2,(H,19,22)(H,20,21,24). The predicted octanol–water partition coefficient (Wildman–Crippen LogP) is 1.71. The first-order chi connectivity index (χ1) is 12.6. The molecule has 1 atom stereocenters. The van der Waals surface area contributed by atoms with E-state index in [4.69, 9.17) is 4.42 Å². The number of rotatable bonds is 7. The zero-order chi connectivity index (χ0) is 18.4. The summed E-state index contributed by atoms with van der Waals surface area (Å²) in [6.45, 7) is 0.343. The normalized spacial score (nSPS) is 15.8. The number of aliphatic imine (C=N–C) groups is 1. The van der Waals surface area contributed by atoms with E-state index < -0.39 is 17.7 Å². The lowest BCUT2D eigenvalue weighted by Crippen LogP contribution is -2.28. The Labute approximate surface area is 153 Å². The summed E-state index contributed by atoms with van der Waals surface area (Å²) in [7, 11) is 0. The van der Waals surface area contributed by atoms with E-state index in [-0.39, 0.29) is 12.3 Å². The van der Waals surface area contributed by atoms with Gasteiger partial charge in [0.2, 0.25) is 11.8 Å². The lowest BCUT2D eigenvalue weighted by Gasteiger charge is -2.09. The molecule has 1 aliphatic rings. The van der Waals surface area contributed by atoms with Crippen molar-refractivity contribution in [2.45, 2.75) is 19.4 Å². The van der Waals surface area contributed by atoms with E-state index in [1.807, 2.05) is 0 Å². The van der Waals surface area contributed by atoms with Gasteiger partial charge in [-0.2, -0.15) is 0 Å². The first kappa shape index (κ1) is 17.7. The van der Waals surface area contributed by atoms with E-state index in [1.54, 1.807) is 29.9 Å². The number of nitrogens with one attached hydrogen (secondary N) is 2. The number of thiazole rings is 1. The molecule has 2 aromatic rings. The van der Waals surface area contributed by atoms with E-state index in [0.717, 1.165) is 0 Å². The molecule has 0 spiro atoms. The largest absolute Gasteiger partial charge is 0.467 e. The Morgan fingerprint density at radius 3 is 3.00 bits per heavy atom. The van der Waals surface area contributed by atoms with Gasteiger partial charge in [0.15, 0.2) is 5.13 Å². The lowest BCUT2D eigenvalue weighted by atomic mass is 10.1. The van der Waals surface area contributed by atoms with Gasteiger partial charge in [-0.3, -0.25) is 14.4 Å². The van der Waals surface area contributed by atoms with Crippen molar-refractivity contribution >= 4 is 40.4 Å². The predicted molar refractivity (Wildman–Crippen MR) is 95.7 cm³/mol. The molecule has 1 unspecified atom stereocenters. The van der Waals surface area contributed by atoms with Gasteiger partial charge in [-0.25, -0.2) is 9.98 Å². The third-order valence-electron chi connectivity index (χ3n) is 3.57. The molecule has 2 aromatic heterocycles. The number of nitrogens with zero attached hydrogens (tertiary/aromatic N) is 2. The number of carbonyl (C=O) groups is 3. The topological polar surface area (TPSA) is 114 Å². The van der Waals surface area contributed by atoms with Gasteiger partial charge in [0.25, 0.3) is 5.91 Å². The highest BCUT2D eigenvalue weighted by atomic mass is 32.1. The van der Waals surface area contributed by atoms with Crippen molar-refractivity contribution < 1.29 is 18.8 Å². The maximum absolute atomic E-state index is 12.1. The third kappa shape index (κ3) is 4.73. The summed E-state index contributed by atoms with van der Waals surface area (Å²) >= 11 is 1.24. The summed E-state index contributed by atoms with van der Waals surface area (Å²) < 4.78 is 5.14. The van der Waals surface area contributed by atoms with Crippen LogP contribution in [0.4, 0.5) is 5.13 Å². The zero-order valence-corrected chi connectivity index (χ0v) is 14.5. The van der Waals surface area contributed by atoms with Crippen LogP contribution in [0.25, 0.3) is 0 Å². The molecule has 134 valence electrons. The second kappa shape index (κ2) is 8.34. The maximum atomic E-state index is 12.1. The van der Waals surface area contributed by atoms with Gasteiger partial charge in [-0.15, -0.1) is 11.3 Å². The molecule has 0 saturated heterocycles. The summed E-state index contributed by atoms with van der Waals surface area (Å²) in [5.41, 5.74) is 0.696. The number of aromatic nitrogens is 1. The molecule has 0 bridgehead atoms. The molecule has 0 fully saturated rings. The number of carbonyl (C=O) groups excluding carboxylic acids is 3. The third-order valence-corrected chi connectivity index (χ3v) is 4.38. The first-order valence-corrected chi connectivity index (χ1v) is 8.79. The Balaban J connectivity index is 1.45. The lowest BCUT2D eigenvalue weighted by molar-refractivity contribution is -0.128. The van der Waals surface area contributed by atoms with E-state index in [1.165, 1.54) is 23.6 Å². The molecule has 26 heavy (non-hydrogen) atoms. The van der Waals surface area contributed by atoms with Crippen molar-refractivity contribution in [3.8, 4) is 0 Å². The molecule has 0 saturated carbocycles. The molecule has 8 nitrogen and oxygen atoms in total. The molecule has 1 aliphatic heterocycles. The summed E-state index contributed by atoms with van der Waals surface area (Å²) in [5, 5.41) is 7.52. The average molecular weight is 372 g/mol. The van der Waals surface area contributed by atoms with Crippen LogP contribution in [0, 0.1) is 5.92 Å². The number of amides is 3.